The number of hydrogen-bond acceptors (Lipinski definition) is 3. The van der Waals surface area contributed by atoms with Crippen LogP contribution < -0.4 is 4.74 Å². The summed E-state index contributed by atoms with van der Waals surface area (Å²) >= 11 is 0. The second kappa shape index (κ2) is 6.89. The first-order chi connectivity index (χ1) is 10.7. The molecule has 2 rings (SSSR count). The highest BCUT2D eigenvalue weighted by atomic mass is 28.4. The van der Waals surface area contributed by atoms with Gasteiger partial charge >= 0.3 is 0 Å². The minimum Gasteiger partial charge on any atom is -0.497 e. The monoisotopic (exact) mass is 331 g/mol. The third-order valence-electron chi connectivity index (χ3n) is 4.55. The maximum atomic E-state index is 6.20. The molecule has 5 heteroatoms. The first-order valence-electron chi connectivity index (χ1n) is 7.95. The molecule has 125 valence electrons. The molecule has 1 heterocycles. The van der Waals surface area contributed by atoms with E-state index < -0.39 is 8.32 Å². The van der Waals surface area contributed by atoms with Crippen LogP contribution in [0.1, 0.15) is 20.8 Å². The number of ether oxygens (including phenoxy) is 1. The third kappa shape index (κ3) is 4.45. The Kier molecular flexibility index (Phi) is 5.32. The largest absolute Gasteiger partial charge is 0.497 e. The van der Waals surface area contributed by atoms with Crippen molar-refractivity contribution in [2.75, 3.05) is 13.7 Å². The lowest BCUT2D eigenvalue weighted by molar-refractivity contribution is 0.266. The van der Waals surface area contributed by atoms with Crippen molar-refractivity contribution in [2.45, 2.75) is 45.4 Å². The van der Waals surface area contributed by atoms with Crippen LogP contribution in [0.3, 0.4) is 0 Å². The van der Waals surface area contributed by atoms with Gasteiger partial charge in [-0.05, 0) is 48.0 Å². The predicted molar refractivity (Wildman–Crippen MR) is 96.2 cm³/mol. The fourth-order valence-electron chi connectivity index (χ4n) is 1.95. The Morgan fingerprint density at radius 1 is 1.26 bits per heavy atom. The number of aromatic nitrogens is 2. The minimum atomic E-state index is -1.69. The van der Waals surface area contributed by atoms with Gasteiger partial charge in [0, 0.05) is 11.8 Å². The first-order valence-corrected chi connectivity index (χ1v) is 10.9. The number of nitrogens with zero attached hydrogens (tertiary/aromatic N) is 2. The van der Waals surface area contributed by atoms with E-state index in [1.54, 1.807) is 7.11 Å². The van der Waals surface area contributed by atoms with Crippen molar-refractivity contribution in [2.24, 2.45) is 0 Å². The fourth-order valence-corrected chi connectivity index (χ4v) is 2.99. The molecule has 2 aromatic rings. The fraction of sp³-hybridized carbons (Fsp3) is 0.500. The van der Waals surface area contributed by atoms with Crippen LogP contribution in [-0.4, -0.2) is 31.8 Å². The van der Waals surface area contributed by atoms with Crippen LogP contribution in [0.2, 0.25) is 18.1 Å². The second-order valence-corrected chi connectivity index (χ2v) is 12.1. The van der Waals surface area contributed by atoms with Crippen molar-refractivity contribution >= 4 is 8.32 Å². The molecule has 0 bridgehead atoms. The average Bonchev–Trinajstić information content (AvgIpc) is 2.95. The SMILES string of the molecule is COc1c[c]c(-c2cnn(CCO[Si](C)(C)C(C)(C)C)c2)cc1. The average molecular weight is 332 g/mol. The molecule has 0 N–H and O–H groups in total. The maximum absolute atomic E-state index is 6.20. The van der Waals surface area contributed by atoms with Gasteiger partial charge in [0.2, 0.25) is 0 Å². The van der Waals surface area contributed by atoms with Gasteiger partial charge in [-0.2, -0.15) is 5.10 Å². The molecule has 4 nitrogen and oxygen atoms in total. The summed E-state index contributed by atoms with van der Waals surface area (Å²) in [4.78, 5) is 0. The zero-order chi connectivity index (χ0) is 17.1. The van der Waals surface area contributed by atoms with Crippen LogP contribution in [0.5, 0.6) is 5.75 Å². The van der Waals surface area contributed by atoms with Gasteiger partial charge in [-0.1, -0.05) is 20.8 Å². The molecule has 1 radical (unpaired) electrons. The summed E-state index contributed by atoms with van der Waals surface area (Å²) in [7, 11) is -0.0316. The number of hydrogen-bond donors (Lipinski definition) is 0. The maximum Gasteiger partial charge on any atom is 0.192 e. The van der Waals surface area contributed by atoms with Crippen LogP contribution in [0.25, 0.3) is 11.1 Å². The molecular formula is C18H27N2O2Si. The van der Waals surface area contributed by atoms with Crippen LogP contribution in [-0.2, 0) is 11.0 Å². The molecule has 0 fully saturated rings. The van der Waals surface area contributed by atoms with Crippen molar-refractivity contribution in [3.05, 3.63) is 36.7 Å². The molecule has 0 atom stereocenters. The van der Waals surface area contributed by atoms with Gasteiger partial charge in [0.1, 0.15) is 5.75 Å². The van der Waals surface area contributed by atoms with Gasteiger partial charge in [0.15, 0.2) is 8.32 Å². The molecule has 1 aromatic heterocycles. The lowest BCUT2D eigenvalue weighted by Gasteiger charge is -2.36. The standard InChI is InChI=1S/C18H27N2O2Si/c1-18(2,3)23(5,6)22-12-11-20-14-16(13-19-20)15-7-9-17(21-4)10-8-15/h7,9-10,13-14H,11-12H2,1-6H3. The lowest BCUT2D eigenvalue weighted by atomic mass is 10.1. The quantitative estimate of drug-likeness (QED) is 0.737. The third-order valence-corrected chi connectivity index (χ3v) is 9.09. The summed E-state index contributed by atoms with van der Waals surface area (Å²) < 4.78 is 13.3. The van der Waals surface area contributed by atoms with Crippen LogP contribution >= 0.6 is 0 Å². The summed E-state index contributed by atoms with van der Waals surface area (Å²) in [5.74, 6) is 0.809. The van der Waals surface area contributed by atoms with Gasteiger partial charge in [-0.3, -0.25) is 4.68 Å². The topological polar surface area (TPSA) is 36.3 Å². The number of methoxy groups -OCH3 is 1. The van der Waals surface area contributed by atoms with E-state index in [4.69, 9.17) is 9.16 Å². The molecule has 0 amide bonds. The van der Waals surface area contributed by atoms with E-state index in [-0.39, 0.29) is 5.04 Å². The van der Waals surface area contributed by atoms with E-state index in [1.807, 2.05) is 35.3 Å². The van der Waals surface area contributed by atoms with E-state index in [2.05, 4.69) is 45.0 Å². The van der Waals surface area contributed by atoms with Gasteiger partial charge < -0.3 is 9.16 Å². The van der Waals surface area contributed by atoms with Gasteiger partial charge in [-0.15, -0.1) is 0 Å². The van der Waals surface area contributed by atoms with Crippen LogP contribution in [0.15, 0.2) is 30.6 Å². The van der Waals surface area contributed by atoms with Crippen LogP contribution in [0.4, 0.5) is 0 Å². The highest BCUT2D eigenvalue weighted by Crippen LogP contribution is 2.36. The molecular weight excluding hydrogens is 304 g/mol. The zero-order valence-electron chi connectivity index (χ0n) is 15.0. The molecule has 0 aliphatic heterocycles. The normalized spacial score (nSPS) is 12.4. The van der Waals surface area contributed by atoms with Crippen molar-refractivity contribution in [3.63, 3.8) is 0 Å². The summed E-state index contributed by atoms with van der Waals surface area (Å²) in [5, 5.41) is 4.65. The number of benzene rings is 1. The number of rotatable bonds is 6. The Hall–Kier alpha value is -1.59. The van der Waals surface area contributed by atoms with Gasteiger partial charge in [-0.25, -0.2) is 0 Å². The molecule has 0 spiro atoms. The first kappa shape index (κ1) is 17.8. The molecule has 0 unspecified atom stereocenters. The summed E-state index contributed by atoms with van der Waals surface area (Å²) in [6.07, 6.45) is 3.90. The summed E-state index contributed by atoms with van der Waals surface area (Å²) in [6, 6.07) is 8.98. The van der Waals surface area contributed by atoms with Crippen molar-refractivity contribution in [1.29, 1.82) is 0 Å². The second-order valence-electron chi connectivity index (χ2n) is 7.24. The zero-order valence-corrected chi connectivity index (χ0v) is 16.0. The van der Waals surface area contributed by atoms with E-state index in [9.17, 15) is 0 Å². The minimum absolute atomic E-state index is 0.236. The van der Waals surface area contributed by atoms with E-state index in [0.29, 0.717) is 6.61 Å². The Morgan fingerprint density at radius 2 is 2.00 bits per heavy atom. The van der Waals surface area contributed by atoms with Gasteiger partial charge in [0.05, 0.1) is 26.5 Å². The molecule has 0 aliphatic carbocycles. The Balaban J connectivity index is 1.95. The van der Waals surface area contributed by atoms with Gasteiger partial charge in [0.25, 0.3) is 0 Å². The highest BCUT2D eigenvalue weighted by Gasteiger charge is 2.36. The molecule has 23 heavy (non-hydrogen) atoms. The predicted octanol–water partition coefficient (Wildman–Crippen LogP) is 4.38. The van der Waals surface area contributed by atoms with Crippen LogP contribution in [0, 0.1) is 6.07 Å². The van der Waals surface area contributed by atoms with E-state index in [1.165, 1.54) is 0 Å². The Morgan fingerprint density at radius 3 is 2.57 bits per heavy atom. The van der Waals surface area contributed by atoms with Crippen molar-refractivity contribution in [1.82, 2.24) is 9.78 Å². The van der Waals surface area contributed by atoms with Crippen molar-refractivity contribution in [3.8, 4) is 16.9 Å². The Bertz CT molecular complexity index is 627. The smallest absolute Gasteiger partial charge is 0.192 e. The highest BCUT2D eigenvalue weighted by molar-refractivity contribution is 6.74. The van der Waals surface area contributed by atoms with Crippen molar-refractivity contribution < 1.29 is 9.16 Å². The lowest BCUT2D eigenvalue weighted by Crippen LogP contribution is -2.41. The molecule has 0 saturated heterocycles. The Labute approximate surface area is 140 Å². The molecule has 0 saturated carbocycles. The summed E-state index contributed by atoms with van der Waals surface area (Å²) in [5.41, 5.74) is 2.07. The molecule has 1 aromatic carbocycles. The van der Waals surface area contributed by atoms with E-state index >= 15 is 0 Å². The summed E-state index contributed by atoms with van der Waals surface area (Å²) in [6.45, 7) is 12.8. The molecule has 0 aliphatic rings. The van der Waals surface area contributed by atoms with E-state index in [0.717, 1.165) is 23.4 Å².